The van der Waals surface area contributed by atoms with Gasteiger partial charge in [-0.05, 0) is 12.8 Å². The van der Waals surface area contributed by atoms with Crippen molar-refractivity contribution in [1.82, 2.24) is 9.91 Å². The van der Waals surface area contributed by atoms with Crippen molar-refractivity contribution in [2.24, 2.45) is 5.10 Å². The molecule has 2 aliphatic heterocycles. The molecule has 72 valence electrons. The largest absolute Gasteiger partial charge is 0.465 e. The first-order chi connectivity index (χ1) is 6.29. The summed E-state index contributed by atoms with van der Waals surface area (Å²) in [5.41, 5.74) is 0. The minimum atomic E-state index is -0.885. The molecule has 2 heterocycles. The molecule has 1 N–H and O–H groups in total. The molecule has 0 bridgehead atoms. The Balaban J connectivity index is 2.04. The molecule has 2 rings (SSSR count). The molecular formula is C7H11N3O3. The van der Waals surface area contributed by atoms with Crippen LogP contribution in [0.4, 0.5) is 4.79 Å². The molecule has 6 nitrogen and oxygen atoms in total. The maximum atomic E-state index is 10.8. The van der Waals surface area contributed by atoms with Gasteiger partial charge in [-0.25, -0.2) is 9.80 Å². The van der Waals surface area contributed by atoms with E-state index in [2.05, 4.69) is 5.10 Å². The van der Waals surface area contributed by atoms with E-state index >= 15 is 0 Å². The number of carboxylic acid groups (broad SMARTS) is 1. The van der Waals surface area contributed by atoms with Gasteiger partial charge in [0.1, 0.15) is 6.17 Å². The number of likely N-dealkylation sites (tertiary alicyclic amines) is 1. The maximum Gasteiger partial charge on any atom is 0.408 e. The lowest BCUT2D eigenvalue weighted by molar-refractivity contribution is 0.0427. The zero-order valence-corrected chi connectivity index (χ0v) is 7.09. The van der Waals surface area contributed by atoms with Crippen molar-refractivity contribution >= 4 is 12.5 Å². The zero-order valence-electron chi connectivity index (χ0n) is 7.09. The van der Waals surface area contributed by atoms with Crippen molar-refractivity contribution in [3.05, 3.63) is 0 Å². The molecule has 0 saturated carbocycles. The van der Waals surface area contributed by atoms with E-state index in [1.165, 1.54) is 11.3 Å². The lowest BCUT2D eigenvalue weighted by Gasteiger charge is -2.27. The first-order valence-corrected chi connectivity index (χ1v) is 4.19. The highest BCUT2D eigenvalue weighted by molar-refractivity contribution is 5.65. The molecule has 1 saturated heterocycles. The predicted molar refractivity (Wildman–Crippen MR) is 44.0 cm³/mol. The van der Waals surface area contributed by atoms with Crippen LogP contribution < -0.4 is 0 Å². The van der Waals surface area contributed by atoms with E-state index in [0.29, 0.717) is 13.3 Å². The third kappa shape index (κ3) is 1.39. The second-order valence-electron chi connectivity index (χ2n) is 3.05. The Labute approximate surface area is 75.4 Å². The van der Waals surface area contributed by atoms with Crippen LogP contribution in [0.1, 0.15) is 12.8 Å². The first-order valence-electron chi connectivity index (χ1n) is 4.19. The van der Waals surface area contributed by atoms with Crippen LogP contribution in [-0.4, -0.2) is 47.0 Å². The zero-order chi connectivity index (χ0) is 9.26. The number of carbonyl (C=O) groups is 1. The summed E-state index contributed by atoms with van der Waals surface area (Å²) in [5, 5.41) is 14.4. The van der Waals surface area contributed by atoms with Crippen molar-refractivity contribution in [2.75, 3.05) is 13.3 Å². The summed E-state index contributed by atoms with van der Waals surface area (Å²) in [6.45, 7) is 0.945. The van der Waals surface area contributed by atoms with Gasteiger partial charge in [0.15, 0.2) is 13.1 Å². The quantitative estimate of drug-likeness (QED) is 0.638. The highest BCUT2D eigenvalue weighted by Crippen LogP contribution is 2.22. The van der Waals surface area contributed by atoms with Crippen molar-refractivity contribution in [3.63, 3.8) is 0 Å². The van der Waals surface area contributed by atoms with Gasteiger partial charge in [-0.3, -0.25) is 4.90 Å². The van der Waals surface area contributed by atoms with E-state index in [-0.39, 0.29) is 6.17 Å². The summed E-state index contributed by atoms with van der Waals surface area (Å²) in [6.07, 6.45) is 2.04. The van der Waals surface area contributed by atoms with Crippen LogP contribution in [0.2, 0.25) is 0 Å². The van der Waals surface area contributed by atoms with E-state index in [0.717, 1.165) is 12.8 Å². The number of ether oxygens (including phenoxy) is 1. The SMILES string of the molecule is O=C(O)N1CCCC1N1COC=N1. The van der Waals surface area contributed by atoms with Gasteiger partial charge in [-0.15, -0.1) is 5.10 Å². The van der Waals surface area contributed by atoms with Crippen LogP contribution in [0.5, 0.6) is 0 Å². The minimum Gasteiger partial charge on any atom is -0.465 e. The lowest BCUT2D eigenvalue weighted by Crippen LogP contribution is -2.43. The second-order valence-corrected chi connectivity index (χ2v) is 3.05. The second kappa shape index (κ2) is 3.12. The Bertz CT molecular complexity index is 243. The molecule has 0 aromatic heterocycles. The summed E-state index contributed by atoms with van der Waals surface area (Å²) < 4.78 is 4.91. The number of nitrogens with zero attached hydrogens (tertiary/aromatic N) is 3. The molecule has 13 heavy (non-hydrogen) atoms. The third-order valence-electron chi connectivity index (χ3n) is 2.29. The van der Waals surface area contributed by atoms with E-state index < -0.39 is 6.09 Å². The normalized spacial score (nSPS) is 26.6. The van der Waals surface area contributed by atoms with E-state index in [9.17, 15) is 4.79 Å². The van der Waals surface area contributed by atoms with E-state index in [1.54, 1.807) is 5.01 Å². The van der Waals surface area contributed by atoms with Crippen molar-refractivity contribution < 1.29 is 14.6 Å². The Morgan fingerprint density at radius 3 is 3.15 bits per heavy atom. The molecule has 1 amide bonds. The molecule has 0 aromatic rings. The number of rotatable bonds is 1. The molecule has 1 atom stereocenters. The Morgan fingerprint density at radius 2 is 2.54 bits per heavy atom. The molecule has 0 spiro atoms. The van der Waals surface area contributed by atoms with Gasteiger partial charge in [0.2, 0.25) is 0 Å². The van der Waals surface area contributed by atoms with Crippen LogP contribution in [0.3, 0.4) is 0 Å². The average molecular weight is 185 g/mol. The van der Waals surface area contributed by atoms with Gasteiger partial charge in [-0.1, -0.05) is 0 Å². The van der Waals surface area contributed by atoms with Crippen molar-refractivity contribution in [3.8, 4) is 0 Å². The fourth-order valence-corrected chi connectivity index (χ4v) is 1.68. The van der Waals surface area contributed by atoms with E-state index in [4.69, 9.17) is 9.84 Å². The molecule has 1 fully saturated rings. The standard InChI is InChI=1S/C7H11N3O3/c11-7(12)9-3-1-2-6(9)10-5-13-4-8-10/h4,6H,1-3,5H2,(H,11,12). The predicted octanol–water partition coefficient (Wildman–Crippen LogP) is 0.319. The third-order valence-corrected chi connectivity index (χ3v) is 2.29. The molecule has 0 radical (unpaired) electrons. The van der Waals surface area contributed by atoms with Gasteiger partial charge < -0.3 is 9.84 Å². The highest BCUT2D eigenvalue weighted by Gasteiger charge is 2.33. The van der Waals surface area contributed by atoms with Gasteiger partial charge in [-0.2, -0.15) is 0 Å². The smallest absolute Gasteiger partial charge is 0.408 e. The van der Waals surface area contributed by atoms with Gasteiger partial charge in [0, 0.05) is 6.54 Å². The summed E-state index contributed by atoms with van der Waals surface area (Å²) in [7, 11) is 0. The van der Waals surface area contributed by atoms with Crippen molar-refractivity contribution in [2.45, 2.75) is 19.0 Å². The molecule has 2 aliphatic rings. The number of hydrogen-bond donors (Lipinski definition) is 1. The molecule has 6 heteroatoms. The minimum absolute atomic E-state index is 0.142. The summed E-state index contributed by atoms with van der Waals surface area (Å²) in [5.74, 6) is 0. The topological polar surface area (TPSA) is 65.4 Å². The highest BCUT2D eigenvalue weighted by atomic mass is 16.5. The lowest BCUT2D eigenvalue weighted by atomic mass is 10.3. The molecule has 0 aromatic carbocycles. The molecule has 0 aliphatic carbocycles. The van der Waals surface area contributed by atoms with Crippen LogP contribution in [0, 0.1) is 0 Å². The van der Waals surface area contributed by atoms with Gasteiger partial charge >= 0.3 is 6.09 Å². The molecule has 1 unspecified atom stereocenters. The van der Waals surface area contributed by atoms with Gasteiger partial charge in [0.25, 0.3) is 0 Å². The van der Waals surface area contributed by atoms with Crippen molar-refractivity contribution in [1.29, 1.82) is 0 Å². The Kier molecular flexibility index (Phi) is 1.96. The maximum absolute atomic E-state index is 10.8. The van der Waals surface area contributed by atoms with E-state index in [1.807, 2.05) is 0 Å². The molecular weight excluding hydrogens is 174 g/mol. The van der Waals surface area contributed by atoms with Crippen LogP contribution in [0.25, 0.3) is 0 Å². The summed E-state index contributed by atoms with van der Waals surface area (Å²) >= 11 is 0. The summed E-state index contributed by atoms with van der Waals surface area (Å²) in [6, 6.07) is 0. The Hall–Kier alpha value is -1.46. The number of amides is 1. The number of hydrogen-bond acceptors (Lipinski definition) is 4. The monoisotopic (exact) mass is 185 g/mol. The van der Waals surface area contributed by atoms with Crippen LogP contribution >= 0.6 is 0 Å². The summed E-state index contributed by atoms with van der Waals surface area (Å²) in [4.78, 5) is 12.2. The van der Waals surface area contributed by atoms with Crippen LogP contribution in [0.15, 0.2) is 5.10 Å². The van der Waals surface area contributed by atoms with Gasteiger partial charge in [0.05, 0.1) is 0 Å². The fourth-order valence-electron chi connectivity index (χ4n) is 1.68. The average Bonchev–Trinajstić information content (AvgIpc) is 2.74. The number of hydrazone groups is 1. The van der Waals surface area contributed by atoms with Crippen LogP contribution in [-0.2, 0) is 4.74 Å². The Morgan fingerprint density at radius 1 is 1.69 bits per heavy atom. The fraction of sp³-hybridized carbons (Fsp3) is 0.714. The first kappa shape index (κ1) is 8.15.